The van der Waals surface area contributed by atoms with Crippen LogP contribution in [0.1, 0.15) is 79.8 Å². The highest BCUT2D eigenvalue weighted by Crippen LogP contribution is 2.25. The van der Waals surface area contributed by atoms with Gasteiger partial charge in [0.25, 0.3) is 0 Å². The molecule has 0 aliphatic rings. The highest BCUT2D eigenvalue weighted by Gasteiger charge is 2.17. The molecule has 1 atom stereocenters. The SMILES string of the molecule is CCCCCCCC(C(C)=O)c1ccc(C(=O)c2ccccc2)cc1. The Morgan fingerprint density at radius 2 is 1.40 bits per heavy atom. The maximum absolute atomic E-state index is 12.5. The van der Waals surface area contributed by atoms with E-state index in [4.69, 9.17) is 0 Å². The van der Waals surface area contributed by atoms with E-state index in [0.717, 1.165) is 18.4 Å². The van der Waals surface area contributed by atoms with Gasteiger partial charge in [0.05, 0.1) is 0 Å². The second-order valence-corrected chi connectivity index (χ2v) is 6.68. The van der Waals surface area contributed by atoms with Crippen molar-refractivity contribution in [2.45, 2.75) is 58.3 Å². The molecule has 2 aromatic carbocycles. The number of ketones is 2. The molecule has 0 aliphatic carbocycles. The van der Waals surface area contributed by atoms with Gasteiger partial charge >= 0.3 is 0 Å². The van der Waals surface area contributed by atoms with E-state index in [0.29, 0.717) is 11.1 Å². The summed E-state index contributed by atoms with van der Waals surface area (Å²) in [5.74, 6) is 0.172. The average molecular weight is 336 g/mol. The van der Waals surface area contributed by atoms with Crippen LogP contribution in [0.15, 0.2) is 54.6 Å². The van der Waals surface area contributed by atoms with Crippen molar-refractivity contribution in [1.82, 2.24) is 0 Å². The summed E-state index contributed by atoms with van der Waals surface area (Å²) in [5, 5.41) is 0. The monoisotopic (exact) mass is 336 g/mol. The van der Waals surface area contributed by atoms with Crippen LogP contribution in [0.3, 0.4) is 0 Å². The van der Waals surface area contributed by atoms with Crippen LogP contribution in [0, 0.1) is 0 Å². The van der Waals surface area contributed by atoms with Gasteiger partial charge in [-0.05, 0) is 18.9 Å². The summed E-state index contributed by atoms with van der Waals surface area (Å²) in [6, 6.07) is 16.9. The van der Waals surface area contributed by atoms with Crippen LogP contribution in [0.4, 0.5) is 0 Å². The Morgan fingerprint density at radius 1 is 0.800 bits per heavy atom. The third-order valence-corrected chi connectivity index (χ3v) is 4.70. The highest BCUT2D eigenvalue weighted by atomic mass is 16.1. The number of hydrogen-bond acceptors (Lipinski definition) is 2. The number of unbranched alkanes of at least 4 members (excludes halogenated alkanes) is 4. The summed E-state index contributed by atoms with van der Waals surface area (Å²) < 4.78 is 0. The Balaban J connectivity index is 2.03. The van der Waals surface area contributed by atoms with Crippen molar-refractivity contribution in [2.75, 3.05) is 0 Å². The molecule has 0 heterocycles. The van der Waals surface area contributed by atoms with E-state index in [2.05, 4.69) is 6.92 Å². The molecule has 0 bridgehead atoms. The van der Waals surface area contributed by atoms with Crippen molar-refractivity contribution in [3.63, 3.8) is 0 Å². The molecule has 0 radical (unpaired) electrons. The molecule has 1 unspecified atom stereocenters. The third kappa shape index (κ3) is 5.67. The van der Waals surface area contributed by atoms with Crippen LogP contribution in [0.2, 0.25) is 0 Å². The minimum absolute atomic E-state index is 0.0195. The molecule has 0 saturated heterocycles. The molecule has 0 aliphatic heterocycles. The summed E-state index contributed by atoms with van der Waals surface area (Å²) in [6.07, 6.45) is 6.89. The summed E-state index contributed by atoms with van der Waals surface area (Å²) >= 11 is 0. The predicted octanol–water partition coefficient (Wildman–Crippen LogP) is 5.95. The third-order valence-electron chi connectivity index (χ3n) is 4.70. The molecular weight excluding hydrogens is 308 g/mol. The number of carbonyl (C=O) groups is 2. The van der Waals surface area contributed by atoms with Crippen molar-refractivity contribution in [3.05, 3.63) is 71.3 Å². The average Bonchev–Trinajstić information content (AvgIpc) is 2.65. The van der Waals surface area contributed by atoms with Gasteiger partial charge in [-0.1, -0.05) is 93.6 Å². The van der Waals surface area contributed by atoms with E-state index in [1.807, 2.05) is 54.6 Å². The van der Waals surface area contributed by atoms with E-state index in [1.54, 1.807) is 6.92 Å². The van der Waals surface area contributed by atoms with Gasteiger partial charge in [0.15, 0.2) is 5.78 Å². The highest BCUT2D eigenvalue weighted by molar-refractivity contribution is 6.09. The van der Waals surface area contributed by atoms with Crippen molar-refractivity contribution < 1.29 is 9.59 Å². The van der Waals surface area contributed by atoms with Gasteiger partial charge in [0, 0.05) is 17.0 Å². The number of rotatable bonds is 10. The molecule has 2 aromatic rings. The van der Waals surface area contributed by atoms with Crippen LogP contribution < -0.4 is 0 Å². The summed E-state index contributed by atoms with van der Waals surface area (Å²) in [4.78, 5) is 24.5. The van der Waals surface area contributed by atoms with E-state index in [1.165, 1.54) is 25.7 Å². The van der Waals surface area contributed by atoms with Crippen molar-refractivity contribution >= 4 is 11.6 Å². The van der Waals surface area contributed by atoms with Gasteiger partial charge in [0.1, 0.15) is 5.78 Å². The number of Topliss-reactive ketones (excluding diaryl/α,β-unsaturated/α-hetero) is 1. The molecular formula is C23H28O2. The lowest BCUT2D eigenvalue weighted by Gasteiger charge is -2.14. The molecule has 0 aromatic heterocycles. The lowest BCUT2D eigenvalue weighted by molar-refractivity contribution is -0.118. The minimum atomic E-state index is -0.0532. The summed E-state index contributed by atoms with van der Waals surface area (Å²) in [5.41, 5.74) is 2.38. The van der Waals surface area contributed by atoms with Gasteiger partial charge in [-0.3, -0.25) is 9.59 Å². The van der Waals surface area contributed by atoms with Crippen molar-refractivity contribution in [2.24, 2.45) is 0 Å². The molecule has 132 valence electrons. The van der Waals surface area contributed by atoms with Crippen LogP contribution in [0.5, 0.6) is 0 Å². The molecule has 2 rings (SSSR count). The van der Waals surface area contributed by atoms with Crippen molar-refractivity contribution in [1.29, 1.82) is 0 Å². The first kappa shape index (κ1) is 19.1. The summed E-state index contributed by atoms with van der Waals surface area (Å²) in [7, 11) is 0. The number of carbonyl (C=O) groups excluding carboxylic acids is 2. The second kappa shape index (κ2) is 9.93. The lowest BCUT2D eigenvalue weighted by atomic mass is 9.89. The van der Waals surface area contributed by atoms with Crippen LogP contribution in [-0.4, -0.2) is 11.6 Å². The molecule has 2 heteroatoms. The van der Waals surface area contributed by atoms with E-state index >= 15 is 0 Å². The van der Waals surface area contributed by atoms with Gasteiger partial charge in [0.2, 0.25) is 0 Å². The zero-order valence-electron chi connectivity index (χ0n) is 15.3. The summed E-state index contributed by atoms with van der Waals surface area (Å²) in [6.45, 7) is 3.87. The zero-order valence-corrected chi connectivity index (χ0v) is 15.3. The fourth-order valence-electron chi connectivity index (χ4n) is 3.18. The Kier molecular flexibility index (Phi) is 7.59. The van der Waals surface area contributed by atoms with E-state index in [-0.39, 0.29) is 17.5 Å². The molecule has 0 saturated carbocycles. The molecule has 0 N–H and O–H groups in total. The standard InChI is InChI=1S/C23H28O2/c1-3-4-5-6-10-13-22(18(2)24)19-14-16-21(17-15-19)23(25)20-11-8-7-9-12-20/h7-9,11-12,14-17,22H,3-6,10,13H2,1-2H3. The zero-order chi connectivity index (χ0) is 18.1. The Bertz CT molecular complexity index is 671. The Labute approximate surface area is 151 Å². The quantitative estimate of drug-likeness (QED) is 0.397. The van der Waals surface area contributed by atoms with Gasteiger partial charge in [-0.15, -0.1) is 0 Å². The molecule has 2 nitrogen and oxygen atoms in total. The first-order chi connectivity index (χ1) is 12.1. The van der Waals surface area contributed by atoms with Crippen LogP contribution >= 0.6 is 0 Å². The maximum Gasteiger partial charge on any atom is 0.193 e. The van der Waals surface area contributed by atoms with E-state index in [9.17, 15) is 9.59 Å². The van der Waals surface area contributed by atoms with Gasteiger partial charge in [-0.2, -0.15) is 0 Å². The minimum Gasteiger partial charge on any atom is -0.299 e. The smallest absolute Gasteiger partial charge is 0.193 e. The first-order valence-electron chi connectivity index (χ1n) is 9.33. The Morgan fingerprint density at radius 3 is 2.00 bits per heavy atom. The maximum atomic E-state index is 12.5. The number of hydrogen-bond donors (Lipinski definition) is 0. The number of benzene rings is 2. The molecule has 0 spiro atoms. The van der Waals surface area contributed by atoms with Gasteiger partial charge < -0.3 is 0 Å². The lowest BCUT2D eigenvalue weighted by Crippen LogP contribution is -2.09. The fourth-order valence-corrected chi connectivity index (χ4v) is 3.18. The fraction of sp³-hybridized carbons (Fsp3) is 0.391. The molecule has 25 heavy (non-hydrogen) atoms. The van der Waals surface area contributed by atoms with E-state index < -0.39 is 0 Å². The van der Waals surface area contributed by atoms with Gasteiger partial charge in [-0.25, -0.2) is 0 Å². The second-order valence-electron chi connectivity index (χ2n) is 6.68. The molecule has 0 amide bonds. The predicted molar refractivity (Wildman–Crippen MR) is 103 cm³/mol. The van der Waals surface area contributed by atoms with Crippen LogP contribution in [-0.2, 0) is 4.79 Å². The van der Waals surface area contributed by atoms with Crippen molar-refractivity contribution in [3.8, 4) is 0 Å². The molecule has 0 fully saturated rings. The largest absolute Gasteiger partial charge is 0.299 e. The topological polar surface area (TPSA) is 34.1 Å². The normalized spacial score (nSPS) is 11.9. The van der Waals surface area contributed by atoms with Crippen LogP contribution in [0.25, 0.3) is 0 Å². The first-order valence-corrected chi connectivity index (χ1v) is 9.33. The Hall–Kier alpha value is -2.22.